The molecule has 0 aliphatic carbocycles. The number of methoxy groups -OCH3 is 1. The standard InChI is InChI=1S/C20H23N3O4/c1-26-17-9-7-16(8-10-17)22-11-13-23(14-12-22)19(24)15-21-20(25)27-18-5-3-2-4-6-18/h2-10H,11-15H2,1H3,(H,21,25). The first-order valence-corrected chi connectivity index (χ1v) is 8.83. The summed E-state index contributed by atoms with van der Waals surface area (Å²) in [5.41, 5.74) is 1.10. The van der Waals surface area contributed by atoms with E-state index in [-0.39, 0.29) is 12.5 Å². The molecule has 142 valence electrons. The zero-order valence-electron chi connectivity index (χ0n) is 15.3. The summed E-state index contributed by atoms with van der Waals surface area (Å²) in [5.74, 6) is 1.14. The van der Waals surface area contributed by atoms with E-state index in [0.717, 1.165) is 24.5 Å². The predicted octanol–water partition coefficient (Wildman–Crippen LogP) is 2.13. The van der Waals surface area contributed by atoms with Crippen molar-refractivity contribution in [2.75, 3.05) is 44.7 Å². The largest absolute Gasteiger partial charge is 0.497 e. The van der Waals surface area contributed by atoms with Gasteiger partial charge in [0.15, 0.2) is 0 Å². The number of amides is 2. The molecular formula is C20H23N3O4. The SMILES string of the molecule is COc1ccc(N2CCN(C(=O)CNC(=O)Oc3ccccc3)CC2)cc1. The summed E-state index contributed by atoms with van der Waals surface area (Å²) in [6, 6.07) is 16.6. The summed E-state index contributed by atoms with van der Waals surface area (Å²) < 4.78 is 10.3. The lowest BCUT2D eigenvalue weighted by atomic mass is 10.2. The van der Waals surface area contributed by atoms with E-state index >= 15 is 0 Å². The summed E-state index contributed by atoms with van der Waals surface area (Å²) in [4.78, 5) is 28.0. The molecule has 1 saturated heterocycles. The number of hydrogen-bond donors (Lipinski definition) is 1. The van der Waals surface area contributed by atoms with Gasteiger partial charge in [0.2, 0.25) is 5.91 Å². The molecule has 0 aromatic heterocycles. The highest BCUT2D eigenvalue weighted by atomic mass is 16.6. The van der Waals surface area contributed by atoms with Crippen LogP contribution in [-0.4, -0.2) is 56.7 Å². The summed E-state index contributed by atoms with van der Waals surface area (Å²) >= 11 is 0. The van der Waals surface area contributed by atoms with E-state index in [9.17, 15) is 9.59 Å². The topological polar surface area (TPSA) is 71.1 Å². The Bertz CT molecular complexity index is 757. The minimum absolute atomic E-state index is 0.0752. The molecule has 27 heavy (non-hydrogen) atoms. The zero-order valence-corrected chi connectivity index (χ0v) is 15.3. The Hall–Kier alpha value is -3.22. The number of nitrogens with one attached hydrogen (secondary N) is 1. The van der Waals surface area contributed by atoms with Crippen LogP contribution >= 0.6 is 0 Å². The van der Waals surface area contributed by atoms with Gasteiger partial charge in [-0.3, -0.25) is 4.79 Å². The number of carbonyl (C=O) groups excluding carboxylic acids is 2. The molecule has 1 N–H and O–H groups in total. The average molecular weight is 369 g/mol. The van der Waals surface area contributed by atoms with Crippen molar-refractivity contribution in [3.63, 3.8) is 0 Å². The number of hydrogen-bond acceptors (Lipinski definition) is 5. The second kappa shape index (κ2) is 8.93. The molecular weight excluding hydrogens is 346 g/mol. The van der Waals surface area contributed by atoms with Gasteiger partial charge in [-0.25, -0.2) is 4.79 Å². The fraction of sp³-hybridized carbons (Fsp3) is 0.300. The zero-order chi connectivity index (χ0) is 19.1. The minimum atomic E-state index is -0.633. The maximum absolute atomic E-state index is 12.3. The molecule has 2 aromatic carbocycles. The van der Waals surface area contributed by atoms with E-state index in [1.165, 1.54) is 0 Å². The van der Waals surface area contributed by atoms with Gasteiger partial charge in [-0.1, -0.05) is 18.2 Å². The normalized spacial score (nSPS) is 13.8. The number of piperazine rings is 1. The van der Waals surface area contributed by atoms with Gasteiger partial charge < -0.3 is 24.6 Å². The Kier molecular flexibility index (Phi) is 6.14. The fourth-order valence-corrected chi connectivity index (χ4v) is 2.90. The Morgan fingerprint density at radius 2 is 1.59 bits per heavy atom. The van der Waals surface area contributed by atoms with Crippen LogP contribution in [0.2, 0.25) is 0 Å². The first-order chi connectivity index (χ1) is 13.2. The first kappa shape index (κ1) is 18.6. The van der Waals surface area contributed by atoms with Crippen molar-refractivity contribution in [1.82, 2.24) is 10.2 Å². The van der Waals surface area contributed by atoms with Crippen LogP contribution < -0.4 is 19.7 Å². The summed E-state index contributed by atoms with van der Waals surface area (Å²) in [7, 11) is 1.64. The third kappa shape index (κ3) is 5.13. The van der Waals surface area contributed by atoms with E-state index in [0.29, 0.717) is 18.8 Å². The van der Waals surface area contributed by atoms with E-state index in [4.69, 9.17) is 9.47 Å². The highest BCUT2D eigenvalue weighted by molar-refractivity contribution is 5.83. The van der Waals surface area contributed by atoms with Crippen LogP contribution in [0.4, 0.5) is 10.5 Å². The minimum Gasteiger partial charge on any atom is -0.497 e. The van der Waals surface area contributed by atoms with Crippen LogP contribution in [0.15, 0.2) is 54.6 Å². The maximum Gasteiger partial charge on any atom is 0.413 e. The summed E-state index contributed by atoms with van der Waals surface area (Å²) in [6.45, 7) is 2.63. The molecule has 0 saturated carbocycles. The summed E-state index contributed by atoms with van der Waals surface area (Å²) in [5, 5.41) is 2.50. The second-order valence-electron chi connectivity index (χ2n) is 6.12. The van der Waals surface area contributed by atoms with Gasteiger partial charge in [0.25, 0.3) is 0 Å². The van der Waals surface area contributed by atoms with Crippen molar-refractivity contribution in [3.8, 4) is 11.5 Å². The Balaban J connectivity index is 1.42. The molecule has 1 aliphatic heterocycles. The lowest BCUT2D eigenvalue weighted by Gasteiger charge is -2.36. The van der Waals surface area contributed by atoms with E-state index < -0.39 is 6.09 Å². The lowest BCUT2D eigenvalue weighted by molar-refractivity contribution is -0.130. The average Bonchev–Trinajstić information content (AvgIpc) is 2.73. The molecule has 0 spiro atoms. The van der Waals surface area contributed by atoms with Crippen LogP contribution in [0, 0.1) is 0 Å². The smallest absolute Gasteiger partial charge is 0.413 e. The molecule has 1 aliphatic rings. The van der Waals surface area contributed by atoms with Crippen LogP contribution in [0.25, 0.3) is 0 Å². The van der Waals surface area contributed by atoms with Gasteiger partial charge in [-0.2, -0.15) is 0 Å². The fourth-order valence-electron chi connectivity index (χ4n) is 2.90. The second-order valence-corrected chi connectivity index (χ2v) is 6.12. The molecule has 0 radical (unpaired) electrons. The molecule has 7 heteroatoms. The number of ether oxygens (including phenoxy) is 2. The van der Waals surface area contributed by atoms with Crippen LogP contribution in [0.5, 0.6) is 11.5 Å². The van der Waals surface area contributed by atoms with Gasteiger partial charge in [-0.15, -0.1) is 0 Å². The van der Waals surface area contributed by atoms with Gasteiger partial charge in [0, 0.05) is 31.9 Å². The van der Waals surface area contributed by atoms with Gasteiger partial charge >= 0.3 is 6.09 Å². The quantitative estimate of drug-likeness (QED) is 0.874. The monoisotopic (exact) mass is 369 g/mol. The molecule has 1 heterocycles. The molecule has 2 aromatic rings. The van der Waals surface area contributed by atoms with Crippen molar-refractivity contribution < 1.29 is 19.1 Å². The maximum atomic E-state index is 12.3. The van der Waals surface area contributed by atoms with Crippen LogP contribution in [0.1, 0.15) is 0 Å². The van der Waals surface area contributed by atoms with Crippen molar-refractivity contribution >= 4 is 17.7 Å². The Morgan fingerprint density at radius 1 is 0.926 bits per heavy atom. The van der Waals surface area contributed by atoms with E-state index in [1.807, 2.05) is 30.3 Å². The molecule has 2 amide bonds. The Labute approximate surface area is 158 Å². The van der Waals surface area contributed by atoms with E-state index in [1.54, 1.807) is 36.3 Å². The summed E-state index contributed by atoms with van der Waals surface area (Å²) in [6.07, 6.45) is -0.633. The van der Waals surface area contributed by atoms with Gasteiger partial charge in [-0.05, 0) is 36.4 Å². The van der Waals surface area contributed by atoms with Crippen molar-refractivity contribution in [3.05, 3.63) is 54.6 Å². The number of rotatable bonds is 5. The molecule has 0 bridgehead atoms. The molecule has 3 rings (SSSR count). The number of para-hydroxylation sites is 1. The third-order valence-corrected chi connectivity index (χ3v) is 4.41. The van der Waals surface area contributed by atoms with E-state index in [2.05, 4.69) is 10.2 Å². The van der Waals surface area contributed by atoms with Gasteiger partial charge in [0.1, 0.15) is 18.0 Å². The molecule has 0 unspecified atom stereocenters. The number of nitrogens with zero attached hydrogens (tertiary/aromatic N) is 2. The number of benzene rings is 2. The Morgan fingerprint density at radius 3 is 2.22 bits per heavy atom. The first-order valence-electron chi connectivity index (χ1n) is 8.83. The number of carbonyl (C=O) groups is 2. The van der Waals surface area contributed by atoms with Crippen molar-refractivity contribution in [2.45, 2.75) is 0 Å². The van der Waals surface area contributed by atoms with Crippen LogP contribution in [0.3, 0.4) is 0 Å². The lowest BCUT2D eigenvalue weighted by Crippen LogP contribution is -2.51. The molecule has 1 fully saturated rings. The highest BCUT2D eigenvalue weighted by Crippen LogP contribution is 2.20. The van der Waals surface area contributed by atoms with Crippen molar-refractivity contribution in [1.29, 1.82) is 0 Å². The molecule has 0 atom stereocenters. The number of anilines is 1. The predicted molar refractivity (Wildman–Crippen MR) is 102 cm³/mol. The van der Waals surface area contributed by atoms with Gasteiger partial charge in [0.05, 0.1) is 7.11 Å². The van der Waals surface area contributed by atoms with Crippen LogP contribution in [-0.2, 0) is 4.79 Å². The third-order valence-electron chi connectivity index (χ3n) is 4.41. The highest BCUT2D eigenvalue weighted by Gasteiger charge is 2.21. The van der Waals surface area contributed by atoms with Crippen molar-refractivity contribution in [2.24, 2.45) is 0 Å². The molecule has 7 nitrogen and oxygen atoms in total.